The molecule has 1 aromatic heterocycles. The third kappa shape index (κ3) is 2.19. The molecule has 0 unspecified atom stereocenters. The van der Waals surface area contributed by atoms with E-state index in [0.29, 0.717) is 12.3 Å². The predicted molar refractivity (Wildman–Crippen MR) is 71.1 cm³/mol. The summed E-state index contributed by atoms with van der Waals surface area (Å²) in [7, 11) is 0. The molecule has 0 aliphatic heterocycles. The van der Waals surface area contributed by atoms with Crippen molar-refractivity contribution in [2.24, 2.45) is 0 Å². The first-order valence-corrected chi connectivity index (χ1v) is 6.11. The molecule has 1 aromatic carbocycles. The molecule has 0 bridgehead atoms. The number of hydrogen-bond acceptors (Lipinski definition) is 1. The molecule has 0 fully saturated rings. The zero-order chi connectivity index (χ0) is 12.4. The SMILES string of the molecule is Cc1[nH]c2ccc(C(C)C)cc2c1CCC#N. The van der Waals surface area contributed by atoms with Gasteiger partial charge in [-0.3, -0.25) is 0 Å². The Bertz CT molecular complexity index is 570. The molecule has 0 aliphatic rings. The molecule has 2 heteroatoms. The van der Waals surface area contributed by atoms with Gasteiger partial charge in [-0.1, -0.05) is 19.9 Å². The first-order valence-electron chi connectivity index (χ1n) is 6.11. The van der Waals surface area contributed by atoms with Crippen molar-refractivity contribution in [2.45, 2.75) is 39.5 Å². The van der Waals surface area contributed by atoms with Crippen molar-refractivity contribution in [2.75, 3.05) is 0 Å². The van der Waals surface area contributed by atoms with Crippen molar-refractivity contribution in [1.82, 2.24) is 4.98 Å². The molecule has 0 radical (unpaired) electrons. The smallest absolute Gasteiger partial charge is 0.0625 e. The summed E-state index contributed by atoms with van der Waals surface area (Å²) >= 11 is 0. The van der Waals surface area contributed by atoms with Gasteiger partial charge in [0.25, 0.3) is 0 Å². The average molecular weight is 226 g/mol. The number of aromatic amines is 1. The Morgan fingerprint density at radius 3 is 2.76 bits per heavy atom. The van der Waals surface area contributed by atoms with Crippen LogP contribution in [0.25, 0.3) is 10.9 Å². The Morgan fingerprint density at radius 2 is 2.12 bits per heavy atom. The van der Waals surface area contributed by atoms with Crippen LogP contribution in [0.1, 0.15) is 43.0 Å². The lowest BCUT2D eigenvalue weighted by molar-refractivity contribution is 0.868. The van der Waals surface area contributed by atoms with Gasteiger partial charge in [0.15, 0.2) is 0 Å². The van der Waals surface area contributed by atoms with E-state index >= 15 is 0 Å². The molecule has 0 amide bonds. The molecule has 88 valence electrons. The summed E-state index contributed by atoms with van der Waals surface area (Å²) in [4.78, 5) is 3.39. The maximum Gasteiger partial charge on any atom is 0.0625 e. The summed E-state index contributed by atoms with van der Waals surface area (Å²) in [5.41, 5.74) is 5.02. The van der Waals surface area contributed by atoms with E-state index in [4.69, 9.17) is 5.26 Å². The second kappa shape index (κ2) is 4.63. The van der Waals surface area contributed by atoms with Crippen LogP contribution in [0.4, 0.5) is 0 Å². The standard InChI is InChI=1S/C15H18N2/c1-10(2)12-6-7-15-14(9-12)13(5-4-8-16)11(3)17-15/h6-7,9-10,17H,4-5H2,1-3H3. The molecule has 0 aliphatic carbocycles. The second-order valence-electron chi connectivity index (χ2n) is 4.85. The monoisotopic (exact) mass is 226 g/mol. The Labute approximate surface area is 102 Å². The molecule has 17 heavy (non-hydrogen) atoms. The number of nitrogens with one attached hydrogen (secondary N) is 1. The van der Waals surface area contributed by atoms with Crippen molar-refractivity contribution in [3.8, 4) is 6.07 Å². The number of nitrogens with zero attached hydrogens (tertiary/aromatic N) is 1. The Balaban J connectivity index is 2.53. The van der Waals surface area contributed by atoms with Crippen molar-refractivity contribution < 1.29 is 0 Å². The summed E-state index contributed by atoms with van der Waals surface area (Å²) in [6, 6.07) is 8.81. The number of nitriles is 1. The fourth-order valence-corrected chi connectivity index (χ4v) is 2.26. The van der Waals surface area contributed by atoms with E-state index in [1.807, 2.05) is 0 Å². The largest absolute Gasteiger partial charge is 0.358 e. The minimum Gasteiger partial charge on any atom is -0.358 e. The fourth-order valence-electron chi connectivity index (χ4n) is 2.26. The van der Waals surface area contributed by atoms with Gasteiger partial charge >= 0.3 is 0 Å². The average Bonchev–Trinajstić information content (AvgIpc) is 2.61. The third-order valence-electron chi connectivity index (χ3n) is 3.30. The predicted octanol–water partition coefficient (Wildman–Crippen LogP) is 4.06. The highest BCUT2D eigenvalue weighted by Crippen LogP contribution is 2.27. The number of hydrogen-bond donors (Lipinski definition) is 1. The van der Waals surface area contributed by atoms with Crippen LogP contribution in [0, 0.1) is 18.3 Å². The van der Waals surface area contributed by atoms with Crippen LogP contribution in [0.15, 0.2) is 18.2 Å². The van der Waals surface area contributed by atoms with E-state index in [9.17, 15) is 0 Å². The maximum atomic E-state index is 8.71. The highest BCUT2D eigenvalue weighted by atomic mass is 14.7. The summed E-state index contributed by atoms with van der Waals surface area (Å²) in [6.45, 7) is 6.49. The van der Waals surface area contributed by atoms with E-state index in [1.54, 1.807) is 0 Å². The van der Waals surface area contributed by atoms with Gasteiger partial charge in [0, 0.05) is 23.0 Å². The first-order chi connectivity index (χ1) is 8.13. The van der Waals surface area contributed by atoms with Gasteiger partial charge in [0.1, 0.15) is 0 Å². The zero-order valence-corrected chi connectivity index (χ0v) is 10.7. The number of benzene rings is 1. The molecule has 1 N–H and O–H groups in total. The summed E-state index contributed by atoms with van der Waals surface area (Å²) in [5.74, 6) is 0.540. The summed E-state index contributed by atoms with van der Waals surface area (Å²) in [5, 5.41) is 9.99. The second-order valence-corrected chi connectivity index (χ2v) is 4.85. The molecular weight excluding hydrogens is 208 g/mol. The lowest BCUT2D eigenvalue weighted by Crippen LogP contribution is -1.88. The van der Waals surface area contributed by atoms with Crippen LogP contribution < -0.4 is 0 Å². The van der Waals surface area contributed by atoms with Gasteiger partial charge in [-0.15, -0.1) is 0 Å². The van der Waals surface area contributed by atoms with Crippen molar-refractivity contribution >= 4 is 10.9 Å². The van der Waals surface area contributed by atoms with Crippen molar-refractivity contribution in [3.63, 3.8) is 0 Å². The maximum absolute atomic E-state index is 8.71. The molecule has 2 aromatic rings. The number of aryl methyl sites for hydroxylation is 2. The Hall–Kier alpha value is -1.75. The fraction of sp³-hybridized carbons (Fsp3) is 0.400. The van der Waals surface area contributed by atoms with Gasteiger partial charge in [-0.2, -0.15) is 5.26 Å². The van der Waals surface area contributed by atoms with Gasteiger partial charge in [0.05, 0.1) is 6.07 Å². The van der Waals surface area contributed by atoms with Crippen LogP contribution in [0.5, 0.6) is 0 Å². The van der Waals surface area contributed by atoms with E-state index < -0.39 is 0 Å². The summed E-state index contributed by atoms with van der Waals surface area (Å²) < 4.78 is 0. The van der Waals surface area contributed by atoms with Gasteiger partial charge in [-0.25, -0.2) is 0 Å². The minimum absolute atomic E-state index is 0.540. The first kappa shape index (κ1) is 11.7. The minimum atomic E-state index is 0.540. The summed E-state index contributed by atoms with van der Waals surface area (Å²) in [6.07, 6.45) is 1.42. The normalized spacial score (nSPS) is 11.0. The molecule has 1 heterocycles. The topological polar surface area (TPSA) is 39.6 Å². The van der Waals surface area contributed by atoms with Crippen LogP contribution in [-0.4, -0.2) is 4.98 Å². The number of rotatable bonds is 3. The number of aromatic nitrogens is 1. The van der Waals surface area contributed by atoms with E-state index in [-0.39, 0.29) is 0 Å². The molecule has 0 spiro atoms. The van der Waals surface area contributed by atoms with Crippen LogP contribution >= 0.6 is 0 Å². The van der Waals surface area contributed by atoms with Gasteiger partial charge < -0.3 is 4.98 Å². The van der Waals surface area contributed by atoms with Crippen LogP contribution in [0.2, 0.25) is 0 Å². The quantitative estimate of drug-likeness (QED) is 0.842. The van der Waals surface area contributed by atoms with Crippen LogP contribution in [-0.2, 0) is 6.42 Å². The highest BCUT2D eigenvalue weighted by Gasteiger charge is 2.09. The Kier molecular flexibility index (Phi) is 3.19. The number of H-pyrrole nitrogens is 1. The van der Waals surface area contributed by atoms with Crippen LogP contribution in [0.3, 0.4) is 0 Å². The number of fused-ring (bicyclic) bond motifs is 1. The molecule has 0 saturated carbocycles. The Morgan fingerprint density at radius 1 is 1.35 bits per heavy atom. The third-order valence-corrected chi connectivity index (χ3v) is 3.30. The molecule has 2 nitrogen and oxygen atoms in total. The molecule has 0 saturated heterocycles. The van der Waals surface area contributed by atoms with Crippen molar-refractivity contribution in [1.29, 1.82) is 5.26 Å². The van der Waals surface area contributed by atoms with E-state index in [1.165, 1.54) is 27.7 Å². The highest BCUT2D eigenvalue weighted by molar-refractivity contribution is 5.85. The molecule has 0 atom stereocenters. The zero-order valence-electron chi connectivity index (χ0n) is 10.7. The molecular formula is C15H18N2. The molecule has 2 rings (SSSR count). The lowest BCUT2D eigenvalue weighted by Gasteiger charge is -2.05. The van der Waals surface area contributed by atoms with E-state index in [2.05, 4.69) is 50.0 Å². The van der Waals surface area contributed by atoms with Gasteiger partial charge in [0.2, 0.25) is 0 Å². The lowest BCUT2D eigenvalue weighted by atomic mass is 9.99. The van der Waals surface area contributed by atoms with Gasteiger partial charge in [-0.05, 0) is 42.5 Å². The van der Waals surface area contributed by atoms with Crippen molar-refractivity contribution in [3.05, 3.63) is 35.0 Å². The van der Waals surface area contributed by atoms with E-state index in [0.717, 1.165) is 6.42 Å².